The van der Waals surface area contributed by atoms with Crippen LogP contribution in [0.1, 0.15) is 38.3 Å². The van der Waals surface area contributed by atoms with Crippen LogP contribution in [0, 0.1) is 13.8 Å². The molecule has 9 heteroatoms. The fourth-order valence-electron chi connectivity index (χ4n) is 3.27. The van der Waals surface area contributed by atoms with Gasteiger partial charge in [-0.05, 0) is 43.5 Å². The molecule has 2 aromatic heterocycles. The van der Waals surface area contributed by atoms with Crippen molar-refractivity contribution in [1.82, 2.24) is 25.0 Å². The molecule has 1 amide bonds. The molecule has 0 spiro atoms. The second-order valence-corrected chi connectivity index (χ2v) is 6.84. The molecule has 29 heavy (non-hydrogen) atoms. The lowest BCUT2D eigenvalue weighted by atomic mass is 10.1. The Balaban J connectivity index is 1.66. The van der Waals surface area contributed by atoms with Gasteiger partial charge in [-0.25, -0.2) is 14.3 Å². The average Bonchev–Trinajstić information content (AvgIpc) is 3.32. The minimum absolute atomic E-state index is 0.164. The van der Waals surface area contributed by atoms with Gasteiger partial charge in [0.05, 0.1) is 5.56 Å². The molecule has 0 aliphatic carbocycles. The van der Waals surface area contributed by atoms with Crippen LogP contribution >= 0.6 is 0 Å². The van der Waals surface area contributed by atoms with Crippen LogP contribution in [-0.4, -0.2) is 43.1 Å². The zero-order valence-electron chi connectivity index (χ0n) is 16.0. The highest BCUT2D eigenvalue weighted by molar-refractivity contribution is 5.96. The Morgan fingerprint density at radius 2 is 2.07 bits per heavy atom. The van der Waals surface area contributed by atoms with Gasteiger partial charge in [-0.3, -0.25) is 15.2 Å². The molecule has 3 heterocycles. The number of anilines is 2. The maximum absolute atomic E-state index is 12.6. The predicted octanol–water partition coefficient (Wildman–Crippen LogP) is 2.65. The zero-order chi connectivity index (χ0) is 20.5. The molecule has 4 rings (SSSR count). The van der Waals surface area contributed by atoms with Gasteiger partial charge in [0.25, 0.3) is 5.91 Å². The van der Waals surface area contributed by atoms with Gasteiger partial charge < -0.3 is 10.4 Å². The number of nitrogens with one attached hydrogen (secondary N) is 2. The summed E-state index contributed by atoms with van der Waals surface area (Å²) in [6, 6.07) is 5.36. The van der Waals surface area contributed by atoms with E-state index in [9.17, 15) is 14.7 Å². The van der Waals surface area contributed by atoms with Gasteiger partial charge in [-0.15, -0.1) is 0 Å². The quantitative estimate of drug-likeness (QED) is 0.612. The summed E-state index contributed by atoms with van der Waals surface area (Å²) >= 11 is 0. The number of aromatic carboxylic acids is 1. The van der Waals surface area contributed by atoms with Crippen LogP contribution in [0.5, 0.6) is 0 Å². The van der Waals surface area contributed by atoms with Crippen molar-refractivity contribution in [3.8, 4) is 0 Å². The van der Waals surface area contributed by atoms with E-state index in [-0.39, 0.29) is 11.5 Å². The first kappa shape index (κ1) is 18.5. The van der Waals surface area contributed by atoms with Crippen molar-refractivity contribution in [3.63, 3.8) is 0 Å². The Kier molecular flexibility index (Phi) is 4.63. The summed E-state index contributed by atoms with van der Waals surface area (Å²) < 4.78 is 1.49. The summed E-state index contributed by atoms with van der Waals surface area (Å²) in [5, 5.41) is 18.4. The molecule has 0 radical (unpaired) electrons. The van der Waals surface area contributed by atoms with Gasteiger partial charge in [-0.1, -0.05) is 12.1 Å². The maximum atomic E-state index is 12.6. The normalized spacial score (nSPS) is 13.1. The molecule has 0 atom stereocenters. The van der Waals surface area contributed by atoms with Gasteiger partial charge in [0.15, 0.2) is 5.82 Å². The summed E-state index contributed by atoms with van der Waals surface area (Å²) in [6.45, 7) is 4.38. The number of hydrogen-bond acceptors (Lipinski definition) is 6. The van der Waals surface area contributed by atoms with Crippen molar-refractivity contribution in [2.24, 2.45) is 0 Å². The van der Waals surface area contributed by atoms with Crippen molar-refractivity contribution in [2.75, 3.05) is 11.9 Å². The first-order chi connectivity index (χ1) is 13.9. The molecule has 0 saturated carbocycles. The number of benzene rings is 1. The van der Waals surface area contributed by atoms with Gasteiger partial charge in [0, 0.05) is 30.2 Å². The number of amides is 1. The van der Waals surface area contributed by atoms with E-state index < -0.39 is 5.97 Å². The van der Waals surface area contributed by atoms with E-state index in [0.717, 1.165) is 18.5 Å². The minimum atomic E-state index is -1.02. The number of carboxylic acid groups (broad SMARTS) is 1. The first-order valence-electron chi connectivity index (χ1n) is 9.12. The molecule has 0 saturated heterocycles. The third-order valence-electron chi connectivity index (χ3n) is 4.88. The fraction of sp³-hybridized carbons (Fsp3) is 0.200. The van der Waals surface area contributed by atoms with E-state index >= 15 is 0 Å². The van der Waals surface area contributed by atoms with Crippen molar-refractivity contribution >= 4 is 28.9 Å². The van der Waals surface area contributed by atoms with Crippen LogP contribution in [0.2, 0.25) is 0 Å². The van der Waals surface area contributed by atoms with Crippen LogP contribution < -0.4 is 10.7 Å². The molecule has 3 N–H and O–H groups in total. The van der Waals surface area contributed by atoms with Crippen molar-refractivity contribution in [3.05, 3.63) is 65.3 Å². The van der Waals surface area contributed by atoms with Crippen LogP contribution in [0.3, 0.4) is 0 Å². The third-order valence-corrected chi connectivity index (χ3v) is 4.88. The Bertz CT molecular complexity index is 1150. The summed E-state index contributed by atoms with van der Waals surface area (Å²) in [6.07, 6.45) is 7.55. The highest BCUT2D eigenvalue weighted by Crippen LogP contribution is 2.27. The fourth-order valence-corrected chi connectivity index (χ4v) is 3.27. The Labute approximate surface area is 166 Å². The van der Waals surface area contributed by atoms with Gasteiger partial charge in [0.1, 0.15) is 11.8 Å². The van der Waals surface area contributed by atoms with Gasteiger partial charge in [0.2, 0.25) is 0 Å². The summed E-state index contributed by atoms with van der Waals surface area (Å²) in [5.74, 6) is -0.766. The average molecular weight is 392 g/mol. The van der Waals surface area contributed by atoms with Crippen LogP contribution in [-0.2, 0) is 0 Å². The van der Waals surface area contributed by atoms with E-state index in [0.29, 0.717) is 28.1 Å². The molecule has 148 valence electrons. The molecule has 1 aliphatic rings. The highest BCUT2D eigenvalue weighted by atomic mass is 16.4. The van der Waals surface area contributed by atoms with Crippen molar-refractivity contribution < 1.29 is 14.7 Å². The van der Waals surface area contributed by atoms with Gasteiger partial charge >= 0.3 is 5.97 Å². The van der Waals surface area contributed by atoms with Gasteiger partial charge in [-0.2, -0.15) is 5.10 Å². The number of carboxylic acids is 1. The smallest absolute Gasteiger partial charge is 0.337 e. The number of hydrazine groups is 1. The van der Waals surface area contributed by atoms with Crippen molar-refractivity contribution in [2.45, 2.75) is 20.3 Å². The van der Waals surface area contributed by atoms with E-state index in [2.05, 4.69) is 20.8 Å². The molecule has 1 aliphatic heterocycles. The van der Waals surface area contributed by atoms with E-state index in [1.807, 2.05) is 25.3 Å². The lowest BCUT2D eigenvalue weighted by molar-refractivity contribution is 0.0695. The summed E-state index contributed by atoms with van der Waals surface area (Å²) in [7, 11) is 0. The highest BCUT2D eigenvalue weighted by Gasteiger charge is 2.18. The monoisotopic (exact) mass is 392 g/mol. The third kappa shape index (κ3) is 3.49. The lowest BCUT2D eigenvalue weighted by Crippen LogP contribution is -2.37. The summed E-state index contributed by atoms with van der Waals surface area (Å²) in [4.78, 5) is 28.3. The van der Waals surface area contributed by atoms with Crippen LogP contribution in [0.25, 0.3) is 5.52 Å². The van der Waals surface area contributed by atoms with E-state index in [1.165, 1.54) is 17.0 Å². The number of carbonyl (C=O) groups excluding carboxylic acids is 1. The molecule has 1 aromatic carbocycles. The molecular weight excluding hydrogens is 372 g/mol. The molecule has 9 nitrogen and oxygen atoms in total. The maximum Gasteiger partial charge on any atom is 0.337 e. The second kappa shape index (κ2) is 7.27. The van der Waals surface area contributed by atoms with E-state index in [4.69, 9.17) is 0 Å². The first-order valence-corrected chi connectivity index (χ1v) is 9.12. The number of aryl methyl sites for hydroxylation is 2. The Morgan fingerprint density at radius 3 is 2.79 bits per heavy atom. The molecule has 3 aromatic rings. The molecular formula is C20H20N6O3. The molecule has 0 fully saturated rings. The van der Waals surface area contributed by atoms with Crippen LogP contribution in [0.15, 0.2) is 43.0 Å². The standard InChI is InChI=1S/C20H20N6O3/c1-12-5-6-14(19(27)24-25-7-3-4-8-25)9-16(12)23-18-17-13(2)15(20(28)29)10-26(17)22-11-21-18/h3,5-7,9-11H,4,8H2,1-2H3,(H,24,27)(H,28,29)(H,21,22,23). The largest absolute Gasteiger partial charge is 0.478 e. The number of hydrogen-bond donors (Lipinski definition) is 3. The lowest BCUT2D eigenvalue weighted by Gasteiger charge is -2.17. The second-order valence-electron chi connectivity index (χ2n) is 6.84. The SMILES string of the molecule is Cc1ccc(C(=O)NN2C=CCC2)cc1Nc1ncnn2cc(C(=O)O)c(C)c12. The number of aromatic nitrogens is 3. The predicted molar refractivity (Wildman–Crippen MR) is 107 cm³/mol. The van der Waals surface area contributed by atoms with Crippen molar-refractivity contribution in [1.29, 1.82) is 0 Å². The topological polar surface area (TPSA) is 112 Å². The number of fused-ring (bicyclic) bond motifs is 1. The number of nitrogens with zero attached hydrogens (tertiary/aromatic N) is 4. The Morgan fingerprint density at radius 1 is 1.24 bits per heavy atom. The Hall–Kier alpha value is -3.88. The number of carbonyl (C=O) groups is 2. The van der Waals surface area contributed by atoms with E-state index in [1.54, 1.807) is 24.1 Å². The molecule has 0 unspecified atom stereocenters. The van der Waals surface area contributed by atoms with Crippen LogP contribution in [0.4, 0.5) is 11.5 Å². The zero-order valence-corrected chi connectivity index (χ0v) is 16.0. The molecule has 0 bridgehead atoms. The number of rotatable bonds is 5. The summed E-state index contributed by atoms with van der Waals surface area (Å²) in [5.41, 5.74) is 6.26. The minimum Gasteiger partial charge on any atom is -0.478 e.